The van der Waals surface area contributed by atoms with Gasteiger partial charge >= 0.3 is 6.03 Å². The van der Waals surface area contributed by atoms with Gasteiger partial charge in [0.1, 0.15) is 0 Å². The summed E-state index contributed by atoms with van der Waals surface area (Å²) in [5, 5.41) is 6.75. The van der Waals surface area contributed by atoms with E-state index in [1.54, 1.807) is 31.0 Å². The van der Waals surface area contributed by atoms with Crippen LogP contribution in [0.15, 0.2) is 41.7 Å². The second-order valence-electron chi connectivity index (χ2n) is 6.68. The Bertz CT molecular complexity index is 880. The van der Waals surface area contributed by atoms with E-state index in [2.05, 4.69) is 30.4 Å². The molecule has 10 nitrogen and oxygen atoms in total. The number of hydrogen-bond donors (Lipinski definition) is 1. The van der Waals surface area contributed by atoms with Crippen LogP contribution in [0.5, 0.6) is 0 Å². The van der Waals surface area contributed by atoms with Gasteiger partial charge in [0.05, 0.1) is 12.9 Å². The fourth-order valence-electron chi connectivity index (χ4n) is 3.37. The molecule has 1 atom stereocenters. The van der Waals surface area contributed by atoms with Crippen LogP contribution in [0, 0.1) is 0 Å². The lowest BCUT2D eigenvalue weighted by atomic mass is 10.00. The largest absolute Gasteiger partial charge is 0.337 e. The number of piperidine rings is 1. The summed E-state index contributed by atoms with van der Waals surface area (Å²) in [5.41, 5.74) is 0. The minimum Gasteiger partial charge on any atom is -0.337 e. The molecule has 0 spiro atoms. The van der Waals surface area contributed by atoms with Crippen molar-refractivity contribution in [2.75, 3.05) is 6.54 Å². The average molecular weight is 382 g/mol. The summed E-state index contributed by atoms with van der Waals surface area (Å²) in [6.07, 6.45) is 12.8. The molecular formula is C18H22N8O2. The van der Waals surface area contributed by atoms with E-state index in [0.29, 0.717) is 17.5 Å². The lowest BCUT2D eigenvalue weighted by molar-refractivity contribution is 0.142. The van der Waals surface area contributed by atoms with Gasteiger partial charge in [0, 0.05) is 43.9 Å². The lowest BCUT2D eigenvalue weighted by Crippen LogP contribution is -2.48. The second-order valence-corrected chi connectivity index (χ2v) is 6.68. The molecule has 3 aromatic rings. The molecule has 0 aromatic carbocycles. The molecule has 4 rings (SSSR count). The molecule has 1 N–H and O–H groups in total. The Morgan fingerprint density at radius 1 is 1.21 bits per heavy atom. The monoisotopic (exact) mass is 382 g/mol. The van der Waals surface area contributed by atoms with E-state index in [0.717, 1.165) is 38.8 Å². The number of carbonyl (C=O) groups excluding carboxylic acids is 1. The number of amides is 2. The molecule has 2 amide bonds. The second kappa shape index (κ2) is 8.59. The van der Waals surface area contributed by atoms with Crippen LogP contribution in [0.4, 0.5) is 4.79 Å². The number of likely N-dealkylation sites (tertiary alicyclic amines) is 1. The molecular weight excluding hydrogens is 360 g/mol. The van der Waals surface area contributed by atoms with Gasteiger partial charge in [0.2, 0.25) is 17.5 Å². The van der Waals surface area contributed by atoms with Gasteiger partial charge in [0.25, 0.3) is 0 Å². The maximum atomic E-state index is 12.7. The summed E-state index contributed by atoms with van der Waals surface area (Å²) >= 11 is 0. The first-order valence-corrected chi connectivity index (χ1v) is 9.40. The van der Waals surface area contributed by atoms with Gasteiger partial charge in [-0.15, -0.1) is 0 Å². The van der Waals surface area contributed by atoms with Gasteiger partial charge in [-0.05, 0) is 31.7 Å². The van der Waals surface area contributed by atoms with Crippen molar-refractivity contribution in [3.05, 3.63) is 43.1 Å². The Morgan fingerprint density at radius 2 is 2.11 bits per heavy atom. The number of imidazole rings is 1. The minimum absolute atomic E-state index is 0.106. The van der Waals surface area contributed by atoms with Crippen molar-refractivity contribution in [2.45, 2.75) is 44.8 Å². The first kappa shape index (κ1) is 18.1. The molecule has 1 saturated heterocycles. The molecule has 3 aromatic heterocycles. The van der Waals surface area contributed by atoms with Crippen molar-refractivity contribution in [1.82, 2.24) is 39.9 Å². The van der Waals surface area contributed by atoms with Crippen LogP contribution in [0.1, 0.15) is 31.6 Å². The maximum absolute atomic E-state index is 12.7. The van der Waals surface area contributed by atoms with Crippen molar-refractivity contribution < 1.29 is 9.32 Å². The highest BCUT2D eigenvalue weighted by molar-refractivity contribution is 5.74. The average Bonchev–Trinajstić information content (AvgIpc) is 3.43. The van der Waals surface area contributed by atoms with Crippen molar-refractivity contribution in [2.24, 2.45) is 0 Å². The number of nitrogens with zero attached hydrogens (tertiary/aromatic N) is 7. The fraction of sp³-hybridized carbons (Fsp3) is 0.444. The van der Waals surface area contributed by atoms with Crippen LogP contribution in [0.3, 0.4) is 0 Å². The SMILES string of the molecule is O=C(NCc1nc(-c2ncccn2)no1)N1CCCC[C@H]1CCn1ccnc1. The Hall–Kier alpha value is -3.30. The number of hydrogen-bond acceptors (Lipinski definition) is 7. The third kappa shape index (κ3) is 4.33. The van der Waals surface area contributed by atoms with Gasteiger partial charge in [0.15, 0.2) is 0 Å². The topological polar surface area (TPSA) is 115 Å². The molecule has 0 aliphatic carbocycles. The quantitative estimate of drug-likeness (QED) is 0.692. The van der Waals surface area contributed by atoms with Crippen LogP contribution in [-0.2, 0) is 13.1 Å². The van der Waals surface area contributed by atoms with E-state index in [1.165, 1.54) is 0 Å². The number of carbonyl (C=O) groups is 1. The predicted molar refractivity (Wildman–Crippen MR) is 98.7 cm³/mol. The van der Waals surface area contributed by atoms with Crippen molar-refractivity contribution in [1.29, 1.82) is 0 Å². The molecule has 0 unspecified atom stereocenters. The Labute approximate surface area is 162 Å². The summed E-state index contributed by atoms with van der Waals surface area (Å²) in [6, 6.07) is 1.82. The van der Waals surface area contributed by atoms with Crippen LogP contribution < -0.4 is 5.32 Å². The first-order valence-electron chi connectivity index (χ1n) is 9.40. The molecule has 4 heterocycles. The fourth-order valence-corrected chi connectivity index (χ4v) is 3.37. The molecule has 28 heavy (non-hydrogen) atoms. The Balaban J connectivity index is 1.32. The van der Waals surface area contributed by atoms with Gasteiger partial charge < -0.3 is 19.3 Å². The van der Waals surface area contributed by atoms with Crippen LogP contribution in [0.25, 0.3) is 11.6 Å². The van der Waals surface area contributed by atoms with Crippen molar-refractivity contribution >= 4 is 6.03 Å². The van der Waals surface area contributed by atoms with E-state index in [4.69, 9.17) is 4.52 Å². The highest BCUT2D eigenvalue weighted by Crippen LogP contribution is 2.20. The van der Waals surface area contributed by atoms with E-state index in [-0.39, 0.29) is 18.6 Å². The van der Waals surface area contributed by atoms with Crippen molar-refractivity contribution in [3.8, 4) is 11.6 Å². The van der Waals surface area contributed by atoms with Gasteiger partial charge in [-0.25, -0.2) is 19.7 Å². The van der Waals surface area contributed by atoms with Crippen LogP contribution in [0.2, 0.25) is 0 Å². The van der Waals surface area contributed by atoms with E-state index < -0.39 is 0 Å². The number of aryl methyl sites for hydroxylation is 1. The van der Waals surface area contributed by atoms with Gasteiger partial charge in [-0.2, -0.15) is 4.98 Å². The molecule has 0 saturated carbocycles. The molecule has 1 aliphatic heterocycles. The number of urea groups is 1. The zero-order chi connectivity index (χ0) is 19.2. The first-order chi connectivity index (χ1) is 13.8. The Morgan fingerprint density at radius 3 is 2.93 bits per heavy atom. The number of nitrogens with one attached hydrogen (secondary N) is 1. The molecule has 1 aliphatic rings. The van der Waals surface area contributed by atoms with E-state index in [1.807, 2.05) is 15.7 Å². The molecule has 10 heteroatoms. The van der Waals surface area contributed by atoms with Crippen molar-refractivity contribution in [3.63, 3.8) is 0 Å². The summed E-state index contributed by atoms with van der Waals surface area (Å²) in [7, 11) is 0. The minimum atomic E-state index is -0.106. The third-order valence-corrected chi connectivity index (χ3v) is 4.79. The van der Waals surface area contributed by atoms with E-state index in [9.17, 15) is 4.79 Å². The zero-order valence-corrected chi connectivity index (χ0v) is 15.4. The zero-order valence-electron chi connectivity index (χ0n) is 15.4. The summed E-state index contributed by atoms with van der Waals surface area (Å²) in [4.78, 5) is 31.1. The molecule has 146 valence electrons. The highest BCUT2D eigenvalue weighted by Gasteiger charge is 2.26. The van der Waals surface area contributed by atoms with E-state index >= 15 is 0 Å². The molecule has 0 radical (unpaired) electrons. The summed E-state index contributed by atoms with van der Waals surface area (Å²) in [6.45, 7) is 1.77. The highest BCUT2D eigenvalue weighted by atomic mass is 16.5. The predicted octanol–water partition coefficient (Wildman–Crippen LogP) is 1.88. The standard InChI is InChI=1S/C18H22N8O2/c27-18(22-12-15-23-17(24-28-15)16-20-6-3-7-21-16)26-9-2-1-4-14(26)5-10-25-11-8-19-13-25/h3,6-8,11,13-14H,1-2,4-5,9-10,12H2,(H,22,27)/t14-/m0/s1. The van der Waals surface area contributed by atoms with Gasteiger partial charge in [-0.3, -0.25) is 0 Å². The van der Waals surface area contributed by atoms with Crippen LogP contribution in [-0.4, -0.2) is 53.2 Å². The third-order valence-electron chi connectivity index (χ3n) is 4.79. The molecule has 0 bridgehead atoms. The molecule has 1 fully saturated rings. The Kier molecular flexibility index (Phi) is 5.55. The van der Waals surface area contributed by atoms with Crippen LogP contribution >= 0.6 is 0 Å². The number of rotatable bonds is 6. The normalized spacial score (nSPS) is 16.9. The number of aromatic nitrogens is 6. The van der Waals surface area contributed by atoms with Gasteiger partial charge in [-0.1, -0.05) is 5.16 Å². The smallest absolute Gasteiger partial charge is 0.318 e. The lowest BCUT2D eigenvalue weighted by Gasteiger charge is -2.35. The summed E-state index contributed by atoms with van der Waals surface area (Å²) < 4.78 is 7.23. The summed E-state index contributed by atoms with van der Waals surface area (Å²) in [5.74, 6) is 1.02. The maximum Gasteiger partial charge on any atom is 0.318 e.